The molecule has 1 nitrogen and oxygen atoms in total. The zero-order chi connectivity index (χ0) is 15.2. The number of allylic oxidation sites excluding steroid dienone is 2. The van der Waals surface area contributed by atoms with Gasteiger partial charge in [-0.2, -0.15) is 0 Å². The molecule has 0 spiro atoms. The normalized spacial score (nSPS) is 11.9. The van der Waals surface area contributed by atoms with E-state index in [0.717, 1.165) is 11.1 Å². The van der Waals surface area contributed by atoms with E-state index < -0.39 is 0 Å². The van der Waals surface area contributed by atoms with Crippen molar-refractivity contribution in [2.75, 3.05) is 0 Å². The highest BCUT2D eigenvalue weighted by molar-refractivity contribution is 6.30. The third kappa shape index (κ3) is 4.89. The molecule has 0 heterocycles. The monoisotopic (exact) mass is 316 g/mol. The van der Waals surface area contributed by atoms with E-state index in [0.29, 0.717) is 15.6 Å². The molecule has 0 radical (unpaired) electrons. The summed E-state index contributed by atoms with van der Waals surface area (Å²) in [5.41, 5.74) is 2.56. The van der Waals surface area contributed by atoms with Crippen LogP contribution in [0, 0.1) is 0 Å². The van der Waals surface area contributed by atoms with Gasteiger partial charge >= 0.3 is 0 Å². The van der Waals surface area contributed by atoms with E-state index in [9.17, 15) is 4.79 Å². The molecule has 0 saturated heterocycles. The Morgan fingerprint density at radius 1 is 0.857 bits per heavy atom. The van der Waals surface area contributed by atoms with Gasteiger partial charge in [0.1, 0.15) is 0 Å². The molecule has 0 saturated carbocycles. The van der Waals surface area contributed by atoms with Gasteiger partial charge in [0.15, 0.2) is 5.78 Å². The van der Waals surface area contributed by atoms with Gasteiger partial charge in [0.2, 0.25) is 0 Å². The fourth-order valence-corrected chi connectivity index (χ4v) is 2.01. The van der Waals surface area contributed by atoms with Gasteiger partial charge in [0, 0.05) is 10.0 Å². The molecule has 0 aliphatic heterocycles. The van der Waals surface area contributed by atoms with Crippen LogP contribution in [-0.2, 0) is 4.79 Å². The molecule has 0 aliphatic rings. The molecule has 0 atom stereocenters. The van der Waals surface area contributed by atoms with Gasteiger partial charge < -0.3 is 0 Å². The maximum atomic E-state index is 12.0. The second kappa shape index (κ2) is 7.26. The van der Waals surface area contributed by atoms with Crippen molar-refractivity contribution >= 4 is 41.1 Å². The number of halogens is 2. The summed E-state index contributed by atoms with van der Waals surface area (Å²) < 4.78 is 0. The van der Waals surface area contributed by atoms with Crippen LogP contribution >= 0.6 is 23.2 Å². The van der Waals surface area contributed by atoms with Crippen LogP contribution in [-0.4, -0.2) is 5.78 Å². The molecular weight excluding hydrogens is 303 g/mol. The molecule has 2 aromatic rings. The topological polar surface area (TPSA) is 17.1 Å². The Hall–Kier alpha value is -1.83. The molecule has 0 N–H and O–H groups in total. The molecule has 2 rings (SSSR count). The van der Waals surface area contributed by atoms with Crippen molar-refractivity contribution in [3.8, 4) is 0 Å². The maximum Gasteiger partial charge on any atom is 0.181 e. The van der Waals surface area contributed by atoms with Crippen LogP contribution in [0.1, 0.15) is 18.1 Å². The molecule has 0 amide bonds. The first-order chi connectivity index (χ1) is 10.0. The first kappa shape index (κ1) is 15.6. The highest BCUT2D eigenvalue weighted by Crippen LogP contribution is 2.14. The first-order valence-corrected chi connectivity index (χ1v) is 7.22. The standard InChI is InChI=1S/C18H14Cl2O/c1-13(12-15-4-9-17(20)10-5-15)18(21)11-6-14-2-7-16(19)8-3-14/h2-12H,1H3. The maximum absolute atomic E-state index is 12.0. The van der Waals surface area contributed by atoms with Gasteiger partial charge in [-0.1, -0.05) is 53.5 Å². The highest BCUT2D eigenvalue weighted by Gasteiger charge is 2.00. The van der Waals surface area contributed by atoms with Crippen LogP contribution in [0.25, 0.3) is 12.2 Å². The number of carbonyl (C=O) groups excluding carboxylic acids is 1. The summed E-state index contributed by atoms with van der Waals surface area (Å²) in [6, 6.07) is 14.7. The molecule has 0 bridgehead atoms. The average Bonchev–Trinajstić information content (AvgIpc) is 2.48. The molecule has 106 valence electrons. The number of carbonyl (C=O) groups is 1. The Labute approximate surface area is 134 Å². The SMILES string of the molecule is CC(=Cc1ccc(Cl)cc1)C(=O)C=Cc1ccc(Cl)cc1. The Morgan fingerprint density at radius 3 is 1.86 bits per heavy atom. The summed E-state index contributed by atoms with van der Waals surface area (Å²) in [5.74, 6) is -0.0279. The average molecular weight is 317 g/mol. The van der Waals surface area contributed by atoms with Gasteiger partial charge in [0.25, 0.3) is 0 Å². The molecule has 0 aliphatic carbocycles. The molecule has 2 aromatic carbocycles. The predicted octanol–water partition coefficient (Wildman–Crippen LogP) is 5.68. The van der Waals surface area contributed by atoms with Crippen LogP contribution in [0.2, 0.25) is 10.0 Å². The number of rotatable bonds is 4. The van der Waals surface area contributed by atoms with E-state index in [4.69, 9.17) is 23.2 Å². The Morgan fingerprint density at radius 2 is 1.33 bits per heavy atom. The van der Waals surface area contributed by atoms with Crippen LogP contribution in [0.4, 0.5) is 0 Å². The molecule has 21 heavy (non-hydrogen) atoms. The Balaban J connectivity index is 2.08. The van der Waals surface area contributed by atoms with Crippen molar-refractivity contribution in [1.82, 2.24) is 0 Å². The molecule has 0 aromatic heterocycles. The van der Waals surface area contributed by atoms with Gasteiger partial charge in [-0.15, -0.1) is 0 Å². The second-order valence-electron chi connectivity index (χ2n) is 4.63. The molecule has 0 fully saturated rings. The van der Waals surface area contributed by atoms with Crippen molar-refractivity contribution in [3.05, 3.63) is 81.4 Å². The first-order valence-electron chi connectivity index (χ1n) is 6.46. The zero-order valence-electron chi connectivity index (χ0n) is 11.5. The lowest BCUT2D eigenvalue weighted by Gasteiger charge is -1.98. The highest BCUT2D eigenvalue weighted by atomic mass is 35.5. The quantitative estimate of drug-likeness (QED) is 0.663. The van der Waals surface area contributed by atoms with Crippen LogP contribution < -0.4 is 0 Å². The number of hydrogen-bond donors (Lipinski definition) is 0. The molecule has 3 heteroatoms. The summed E-state index contributed by atoms with van der Waals surface area (Å²) in [6.07, 6.45) is 5.17. The van der Waals surface area contributed by atoms with Crippen molar-refractivity contribution in [1.29, 1.82) is 0 Å². The lowest BCUT2D eigenvalue weighted by atomic mass is 10.1. The van der Waals surface area contributed by atoms with Gasteiger partial charge in [-0.25, -0.2) is 0 Å². The van der Waals surface area contributed by atoms with Crippen LogP contribution in [0.3, 0.4) is 0 Å². The van der Waals surface area contributed by atoms with Gasteiger partial charge in [-0.05, 0) is 60.0 Å². The van der Waals surface area contributed by atoms with Crippen molar-refractivity contribution in [2.45, 2.75) is 6.92 Å². The van der Waals surface area contributed by atoms with E-state index in [-0.39, 0.29) is 5.78 Å². The summed E-state index contributed by atoms with van der Waals surface area (Å²) >= 11 is 11.6. The third-order valence-corrected chi connectivity index (χ3v) is 3.44. The number of hydrogen-bond acceptors (Lipinski definition) is 1. The number of benzene rings is 2. The van der Waals surface area contributed by atoms with Crippen LogP contribution in [0.15, 0.2) is 60.2 Å². The van der Waals surface area contributed by atoms with Crippen molar-refractivity contribution in [2.24, 2.45) is 0 Å². The number of ketones is 1. The predicted molar refractivity (Wildman–Crippen MR) is 90.6 cm³/mol. The summed E-state index contributed by atoms with van der Waals surface area (Å²) in [4.78, 5) is 12.0. The van der Waals surface area contributed by atoms with E-state index >= 15 is 0 Å². The fraction of sp³-hybridized carbons (Fsp3) is 0.0556. The molecular formula is C18H14Cl2O. The fourth-order valence-electron chi connectivity index (χ4n) is 1.76. The largest absolute Gasteiger partial charge is 0.290 e. The van der Waals surface area contributed by atoms with Crippen LogP contribution in [0.5, 0.6) is 0 Å². The smallest absolute Gasteiger partial charge is 0.181 e. The van der Waals surface area contributed by atoms with Gasteiger partial charge in [0.05, 0.1) is 0 Å². The lowest BCUT2D eigenvalue weighted by Crippen LogP contribution is -1.93. The zero-order valence-corrected chi connectivity index (χ0v) is 13.0. The molecule has 0 unspecified atom stereocenters. The van der Waals surface area contributed by atoms with Crippen molar-refractivity contribution in [3.63, 3.8) is 0 Å². The Kier molecular flexibility index (Phi) is 5.38. The van der Waals surface area contributed by atoms with Gasteiger partial charge in [-0.3, -0.25) is 4.79 Å². The van der Waals surface area contributed by atoms with E-state index in [1.807, 2.05) is 30.3 Å². The minimum absolute atomic E-state index is 0.0279. The van der Waals surface area contributed by atoms with E-state index in [1.165, 1.54) is 0 Å². The minimum atomic E-state index is -0.0279. The summed E-state index contributed by atoms with van der Waals surface area (Å²) in [7, 11) is 0. The Bertz CT molecular complexity index is 680. The van der Waals surface area contributed by atoms with E-state index in [2.05, 4.69) is 0 Å². The van der Waals surface area contributed by atoms with E-state index in [1.54, 1.807) is 43.3 Å². The summed E-state index contributed by atoms with van der Waals surface area (Å²) in [6.45, 7) is 1.79. The second-order valence-corrected chi connectivity index (χ2v) is 5.50. The minimum Gasteiger partial charge on any atom is -0.290 e. The summed E-state index contributed by atoms with van der Waals surface area (Å²) in [5, 5.41) is 1.36. The lowest BCUT2D eigenvalue weighted by molar-refractivity contribution is -0.111. The van der Waals surface area contributed by atoms with Crippen molar-refractivity contribution < 1.29 is 4.79 Å². The third-order valence-electron chi connectivity index (χ3n) is 2.94.